The standard InChI is InChI=1S/C21H20BrNO3S2/c1-5-26-17-10-14(9-15(22)19(17)25-4)11-18-20(24)23(21(27)28-18)16-7-6-12(2)8-13(16)3/h6-11H,5H2,1-4H3/b18-11-. The fraction of sp³-hybridized carbons (Fsp3) is 0.238. The van der Waals surface area contributed by atoms with Crippen LogP contribution in [0.2, 0.25) is 0 Å². The van der Waals surface area contributed by atoms with Crippen molar-refractivity contribution in [3.63, 3.8) is 0 Å². The van der Waals surface area contributed by atoms with Gasteiger partial charge in [-0.2, -0.15) is 0 Å². The minimum atomic E-state index is -0.119. The van der Waals surface area contributed by atoms with Crippen LogP contribution in [-0.4, -0.2) is 23.9 Å². The van der Waals surface area contributed by atoms with Crippen LogP contribution in [0.1, 0.15) is 23.6 Å². The van der Waals surface area contributed by atoms with Gasteiger partial charge in [-0.25, -0.2) is 0 Å². The Balaban J connectivity index is 1.98. The Morgan fingerprint density at radius 3 is 2.64 bits per heavy atom. The van der Waals surface area contributed by atoms with Gasteiger partial charge in [0.15, 0.2) is 15.8 Å². The number of hydrogen-bond acceptors (Lipinski definition) is 5. The molecule has 2 aromatic carbocycles. The zero-order chi connectivity index (χ0) is 20.4. The molecule has 146 valence electrons. The number of methoxy groups -OCH3 is 1. The molecule has 0 aliphatic carbocycles. The highest BCUT2D eigenvalue weighted by molar-refractivity contribution is 9.10. The van der Waals surface area contributed by atoms with Gasteiger partial charge in [0.05, 0.1) is 28.8 Å². The molecule has 0 bridgehead atoms. The summed E-state index contributed by atoms with van der Waals surface area (Å²) in [6.07, 6.45) is 1.83. The molecule has 28 heavy (non-hydrogen) atoms. The molecule has 1 heterocycles. The van der Waals surface area contributed by atoms with E-state index in [1.807, 2.05) is 57.2 Å². The predicted octanol–water partition coefficient (Wildman–Crippen LogP) is 5.88. The van der Waals surface area contributed by atoms with Crippen molar-refractivity contribution in [1.82, 2.24) is 0 Å². The van der Waals surface area contributed by atoms with Gasteiger partial charge in [0.25, 0.3) is 5.91 Å². The van der Waals surface area contributed by atoms with Crippen LogP contribution in [0, 0.1) is 13.8 Å². The number of nitrogens with zero attached hydrogens (tertiary/aromatic N) is 1. The highest BCUT2D eigenvalue weighted by atomic mass is 79.9. The summed E-state index contributed by atoms with van der Waals surface area (Å²) >= 11 is 10.3. The lowest BCUT2D eigenvalue weighted by molar-refractivity contribution is -0.113. The number of anilines is 1. The number of carbonyl (C=O) groups excluding carboxylic acids is 1. The first-order valence-electron chi connectivity index (χ1n) is 8.71. The van der Waals surface area contributed by atoms with Gasteiger partial charge in [-0.3, -0.25) is 9.69 Å². The predicted molar refractivity (Wildman–Crippen MR) is 123 cm³/mol. The molecule has 0 atom stereocenters. The molecule has 0 N–H and O–H groups in total. The first-order valence-corrected chi connectivity index (χ1v) is 10.7. The maximum Gasteiger partial charge on any atom is 0.270 e. The van der Waals surface area contributed by atoms with Gasteiger partial charge in [0, 0.05) is 0 Å². The van der Waals surface area contributed by atoms with E-state index in [-0.39, 0.29) is 5.91 Å². The second kappa shape index (κ2) is 8.68. The van der Waals surface area contributed by atoms with E-state index in [2.05, 4.69) is 15.9 Å². The number of ether oxygens (including phenoxy) is 2. The number of benzene rings is 2. The lowest BCUT2D eigenvalue weighted by Crippen LogP contribution is -2.28. The van der Waals surface area contributed by atoms with Crippen molar-refractivity contribution in [2.75, 3.05) is 18.6 Å². The zero-order valence-corrected chi connectivity index (χ0v) is 19.3. The summed E-state index contributed by atoms with van der Waals surface area (Å²) in [7, 11) is 1.59. The van der Waals surface area contributed by atoms with E-state index in [1.54, 1.807) is 12.0 Å². The lowest BCUT2D eigenvalue weighted by atomic mass is 10.1. The van der Waals surface area contributed by atoms with Crippen LogP contribution in [0.5, 0.6) is 11.5 Å². The SMILES string of the molecule is CCOc1cc(/C=C2\SC(=S)N(c3ccc(C)cc3C)C2=O)cc(Br)c1OC. The van der Waals surface area contributed by atoms with Crippen LogP contribution in [0.4, 0.5) is 5.69 Å². The summed E-state index contributed by atoms with van der Waals surface area (Å²) in [5.74, 6) is 1.13. The van der Waals surface area contributed by atoms with Crippen molar-refractivity contribution in [1.29, 1.82) is 0 Å². The molecule has 0 radical (unpaired) electrons. The molecule has 2 aromatic rings. The van der Waals surface area contributed by atoms with Crippen LogP contribution in [-0.2, 0) is 4.79 Å². The molecule has 7 heteroatoms. The molecule has 0 unspecified atom stereocenters. The Morgan fingerprint density at radius 1 is 1.25 bits per heavy atom. The first kappa shape index (κ1) is 20.9. The normalized spacial score (nSPS) is 15.5. The van der Waals surface area contributed by atoms with E-state index in [0.29, 0.717) is 27.3 Å². The number of halogens is 1. The number of carbonyl (C=O) groups is 1. The third-order valence-electron chi connectivity index (χ3n) is 4.22. The number of rotatable bonds is 5. The quantitative estimate of drug-likeness (QED) is 0.397. The van der Waals surface area contributed by atoms with Crippen molar-refractivity contribution in [3.8, 4) is 11.5 Å². The van der Waals surface area contributed by atoms with Crippen molar-refractivity contribution in [2.45, 2.75) is 20.8 Å². The maximum absolute atomic E-state index is 13.1. The number of aryl methyl sites for hydroxylation is 2. The fourth-order valence-electron chi connectivity index (χ4n) is 3.02. The number of amides is 1. The van der Waals surface area contributed by atoms with Crippen molar-refractivity contribution in [2.24, 2.45) is 0 Å². The molecule has 0 saturated carbocycles. The molecule has 4 nitrogen and oxygen atoms in total. The fourth-order valence-corrected chi connectivity index (χ4v) is 4.92. The van der Waals surface area contributed by atoms with Crippen molar-refractivity contribution < 1.29 is 14.3 Å². The van der Waals surface area contributed by atoms with Crippen LogP contribution < -0.4 is 14.4 Å². The Hall–Kier alpha value is -1.83. The Kier molecular flexibility index (Phi) is 6.47. The largest absolute Gasteiger partial charge is 0.492 e. The number of thiocarbonyl (C=S) groups is 1. The van der Waals surface area contributed by atoms with Gasteiger partial charge in [0.2, 0.25) is 0 Å². The molecule has 1 fully saturated rings. The third kappa shape index (κ3) is 4.11. The second-order valence-corrected chi connectivity index (χ2v) is 8.80. The van der Waals surface area contributed by atoms with Gasteiger partial charge in [-0.1, -0.05) is 41.7 Å². The molecule has 1 amide bonds. The number of hydrogen-bond donors (Lipinski definition) is 0. The monoisotopic (exact) mass is 477 g/mol. The summed E-state index contributed by atoms with van der Waals surface area (Å²) in [6.45, 7) is 6.44. The average Bonchev–Trinajstić information content (AvgIpc) is 2.89. The minimum absolute atomic E-state index is 0.119. The maximum atomic E-state index is 13.1. The molecular weight excluding hydrogens is 458 g/mol. The van der Waals surface area contributed by atoms with E-state index in [9.17, 15) is 4.79 Å². The highest BCUT2D eigenvalue weighted by Crippen LogP contribution is 2.40. The van der Waals surface area contributed by atoms with Crippen LogP contribution in [0.15, 0.2) is 39.7 Å². The number of thioether (sulfide) groups is 1. The van der Waals surface area contributed by atoms with E-state index >= 15 is 0 Å². The molecular formula is C21H20BrNO3S2. The molecule has 3 rings (SSSR count). The Bertz CT molecular complexity index is 988. The summed E-state index contributed by atoms with van der Waals surface area (Å²) in [5.41, 5.74) is 3.82. The van der Waals surface area contributed by atoms with Crippen molar-refractivity contribution >= 4 is 61.9 Å². The van der Waals surface area contributed by atoms with Crippen LogP contribution >= 0.6 is 39.9 Å². The summed E-state index contributed by atoms with van der Waals surface area (Å²) in [5, 5.41) is 0. The van der Waals surface area contributed by atoms with Gasteiger partial charge < -0.3 is 9.47 Å². The van der Waals surface area contributed by atoms with Gasteiger partial charge in [-0.15, -0.1) is 0 Å². The molecule has 1 aliphatic rings. The van der Waals surface area contributed by atoms with Gasteiger partial charge in [-0.05, 0) is 72.1 Å². The zero-order valence-electron chi connectivity index (χ0n) is 16.0. The van der Waals surface area contributed by atoms with Crippen molar-refractivity contribution in [3.05, 3.63) is 56.4 Å². The topological polar surface area (TPSA) is 38.8 Å². The molecule has 0 aromatic heterocycles. The first-order chi connectivity index (χ1) is 13.3. The lowest BCUT2D eigenvalue weighted by Gasteiger charge is -2.17. The molecule has 1 saturated heterocycles. The highest BCUT2D eigenvalue weighted by Gasteiger charge is 2.34. The van der Waals surface area contributed by atoms with E-state index in [1.165, 1.54) is 11.8 Å². The summed E-state index contributed by atoms with van der Waals surface area (Å²) in [4.78, 5) is 15.2. The smallest absolute Gasteiger partial charge is 0.270 e. The van der Waals surface area contributed by atoms with E-state index in [4.69, 9.17) is 21.7 Å². The Morgan fingerprint density at radius 2 is 2.00 bits per heavy atom. The van der Waals surface area contributed by atoms with Gasteiger partial charge >= 0.3 is 0 Å². The van der Waals surface area contributed by atoms with E-state index < -0.39 is 0 Å². The Labute approximate surface area is 183 Å². The third-order valence-corrected chi connectivity index (χ3v) is 6.11. The molecule has 1 aliphatic heterocycles. The summed E-state index contributed by atoms with van der Waals surface area (Å²) in [6, 6.07) is 9.73. The second-order valence-electron chi connectivity index (χ2n) is 6.27. The summed E-state index contributed by atoms with van der Waals surface area (Å²) < 4.78 is 12.4. The minimum Gasteiger partial charge on any atom is -0.492 e. The van der Waals surface area contributed by atoms with Crippen LogP contribution in [0.25, 0.3) is 6.08 Å². The van der Waals surface area contributed by atoms with Gasteiger partial charge in [0.1, 0.15) is 0 Å². The molecule has 0 spiro atoms. The van der Waals surface area contributed by atoms with E-state index in [0.717, 1.165) is 26.9 Å². The van der Waals surface area contributed by atoms with Crippen LogP contribution in [0.3, 0.4) is 0 Å². The average molecular weight is 478 g/mol.